The van der Waals surface area contributed by atoms with Crippen LogP contribution in [0.5, 0.6) is 0 Å². The highest BCUT2D eigenvalue weighted by molar-refractivity contribution is 5.92. The second-order valence-corrected chi connectivity index (χ2v) is 20.1. The van der Waals surface area contributed by atoms with Gasteiger partial charge in [0.15, 0.2) is 0 Å². The van der Waals surface area contributed by atoms with Crippen molar-refractivity contribution in [1.29, 1.82) is 0 Å². The summed E-state index contributed by atoms with van der Waals surface area (Å²) < 4.78 is 0. The van der Waals surface area contributed by atoms with Crippen molar-refractivity contribution in [3.05, 3.63) is 137 Å². The van der Waals surface area contributed by atoms with Gasteiger partial charge in [-0.05, 0) is 191 Å². The molecule has 5 aromatic rings. The van der Waals surface area contributed by atoms with Gasteiger partial charge in [-0.2, -0.15) is 0 Å². The normalized spacial score (nSPS) is 27.6. The highest BCUT2D eigenvalue weighted by Crippen LogP contribution is 2.62. The smallest absolute Gasteiger partial charge is 0.0465 e. The molecular weight excluding hydrogens is 663 g/mol. The fraction of sp³-hybridized carbons (Fsp3) is 0.444. The van der Waals surface area contributed by atoms with Crippen LogP contribution in [-0.2, 0) is 16.2 Å². The van der Waals surface area contributed by atoms with Crippen molar-refractivity contribution in [2.75, 3.05) is 4.90 Å². The van der Waals surface area contributed by atoms with Crippen molar-refractivity contribution in [3.63, 3.8) is 0 Å². The molecule has 8 aliphatic carbocycles. The van der Waals surface area contributed by atoms with Crippen LogP contribution in [0.2, 0.25) is 0 Å². The lowest BCUT2D eigenvalue weighted by molar-refractivity contribution is -0.00518. The molecule has 278 valence electrons. The first-order chi connectivity index (χ1) is 26.9. The van der Waals surface area contributed by atoms with E-state index in [0.717, 1.165) is 17.8 Å². The zero-order chi connectivity index (χ0) is 36.5. The molecular formula is C54H57N. The number of fused-ring (bicyclic) bond motifs is 8. The molecule has 1 nitrogen and oxygen atoms in total. The van der Waals surface area contributed by atoms with Crippen LogP contribution in [0.3, 0.4) is 0 Å². The number of rotatable bonds is 5. The summed E-state index contributed by atoms with van der Waals surface area (Å²) in [6, 6.07) is 41.8. The summed E-state index contributed by atoms with van der Waals surface area (Å²) in [4.78, 5) is 2.57. The lowest BCUT2D eigenvalue weighted by Crippen LogP contribution is -2.48. The van der Waals surface area contributed by atoms with Crippen LogP contribution in [0.4, 0.5) is 17.1 Å². The molecule has 0 saturated heterocycles. The molecule has 0 N–H and O–H groups in total. The molecule has 55 heavy (non-hydrogen) atoms. The molecule has 0 aromatic heterocycles. The lowest BCUT2D eigenvalue weighted by Gasteiger charge is -2.57. The summed E-state index contributed by atoms with van der Waals surface area (Å²) in [5, 5.41) is 0. The number of benzene rings is 5. The standard InChI is InChI=1S/C54H57N/c1-52(2)49-29-43(22-23-45(49)46-30-47-44-12-6-7-13-48(44)54(24-8-9-25-54)51(47)31-50(46)52)55(41-18-14-39(15-19-41)38-10-4-3-5-11-38)42-20-16-40(17-21-42)53-32-35-26-36(33-53)28-37(27-35)34-53/h6-7,12-23,29-31,35-38H,3-5,8-11,24-28,32-34H2,1-2H3. The van der Waals surface area contributed by atoms with Crippen molar-refractivity contribution >= 4 is 17.1 Å². The lowest BCUT2D eigenvalue weighted by atomic mass is 9.48. The Hall–Kier alpha value is -4.10. The van der Waals surface area contributed by atoms with Gasteiger partial charge >= 0.3 is 0 Å². The minimum Gasteiger partial charge on any atom is -0.310 e. The maximum absolute atomic E-state index is 2.67. The van der Waals surface area contributed by atoms with Crippen molar-refractivity contribution in [2.45, 2.75) is 132 Å². The van der Waals surface area contributed by atoms with Crippen molar-refractivity contribution < 1.29 is 0 Å². The second kappa shape index (κ2) is 12.0. The molecule has 0 amide bonds. The topological polar surface area (TPSA) is 3.24 Å². The van der Waals surface area contributed by atoms with Gasteiger partial charge in [0.2, 0.25) is 0 Å². The molecule has 1 heteroatoms. The van der Waals surface area contributed by atoms with Gasteiger partial charge in [-0.1, -0.05) is 107 Å². The minimum atomic E-state index is -0.0802. The summed E-state index contributed by atoms with van der Waals surface area (Å²) in [6.45, 7) is 4.97. The third-order valence-electron chi connectivity index (χ3n) is 16.8. The number of nitrogens with zero attached hydrogens (tertiary/aromatic N) is 1. The van der Waals surface area contributed by atoms with E-state index in [-0.39, 0.29) is 10.8 Å². The SMILES string of the molecule is CC1(C)c2cc(N(c3ccc(C4CCCCC4)cc3)c3ccc(C45CC6CC(CC(C6)C4)C5)cc3)ccc2-c2cc3c(cc21)C1(CCCC1)c1ccccc1-3. The molecule has 6 saturated carbocycles. The average Bonchev–Trinajstić information content (AvgIpc) is 3.87. The van der Waals surface area contributed by atoms with Gasteiger partial charge < -0.3 is 4.90 Å². The Kier molecular flexibility index (Phi) is 7.19. The number of hydrogen-bond donors (Lipinski definition) is 0. The van der Waals surface area contributed by atoms with Crippen LogP contribution in [0.25, 0.3) is 22.3 Å². The third kappa shape index (κ3) is 4.83. The molecule has 8 aliphatic rings. The first-order valence-electron chi connectivity index (χ1n) is 22.3. The first-order valence-corrected chi connectivity index (χ1v) is 22.3. The van der Waals surface area contributed by atoms with Crippen LogP contribution >= 0.6 is 0 Å². The number of anilines is 3. The van der Waals surface area contributed by atoms with E-state index in [1.54, 1.807) is 16.7 Å². The quantitative estimate of drug-likeness (QED) is 0.175. The summed E-state index contributed by atoms with van der Waals surface area (Å²) >= 11 is 0. The first kappa shape index (κ1) is 33.1. The largest absolute Gasteiger partial charge is 0.310 e. The van der Waals surface area contributed by atoms with Gasteiger partial charge in [-0.25, -0.2) is 0 Å². The maximum atomic E-state index is 2.67. The van der Waals surface area contributed by atoms with Gasteiger partial charge in [-0.3, -0.25) is 0 Å². The molecule has 0 atom stereocenters. The molecule has 4 bridgehead atoms. The van der Waals surface area contributed by atoms with E-state index in [4.69, 9.17) is 0 Å². The van der Waals surface area contributed by atoms with E-state index >= 15 is 0 Å². The van der Waals surface area contributed by atoms with Gasteiger partial charge in [0.25, 0.3) is 0 Å². The molecule has 5 aromatic carbocycles. The van der Waals surface area contributed by atoms with Crippen molar-refractivity contribution in [3.8, 4) is 22.3 Å². The summed E-state index contributed by atoms with van der Waals surface area (Å²) in [6.07, 6.45) is 20.8. The zero-order valence-electron chi connectivity index (χ0n) is 33.2. The van der Waals surface area contributed by atoms with E-state index in [2.05, 4.69) is 122 Å². The Morgan fingerprint density at radius 2 is 1.07 bits per heavy atom. The number of hydrogen-bond acceptors (Lipinski definition) is 1. The average molecular weight is 720 g/mol. The fourth-order valence-electron chi connectivity index (χ4n) is 14.5. The minimum absolute atomic E-state index is 0.0802. The van der Waals surface area contributed by atoms with Crippen LogP contribution in [0, 0.1) is 17.8 Å². The van der Waals surface area contributed by atoms with Crippen molar-refractivity contribution in [2.24, 2.45) is 17.8 Å². The fourth-order valence-corrected chi connectivity index (χ4v) is 14.5. The van der Waals surface area contributed by atoms with Gasteiger partial charge in [0.05, 0.1) is 0 Å². The van der Waals surface area contributed by atoms with Crippen LogP contribution < -0.4 is 4.90 Å². The Morgan fingerprint density at radius 1 is 0.491 bits per heavy atom. The van der Waals surface area contributed by atoms with E-state index < -0.39 is 0 Å². The molecule has 13 rings (SSSR count). The molecule has 0 aliphatic heterocycles. The predicted molar refractivity (Wildman–Crippen MR) is 229 cm³/mol. The van der Waals surface area contributed by atoms with Gasteiger partial charge in [-0.15, -0.1) is 0 Å². The highest BCUT2D eigenvalue weighted by Gasteiger charge is 2.52. The van der Waals surface area contributed by atoms with E-state index in [1.165, 1.54) is 152 Å². The molecule has 0 unspecified atom stereocenters. The molecule has 6 fully saturated rings. The molecule has 0 heterocycles. The third-order valence-corrected chi connectivity index (χ3v) is 16.8. The maximum Gasteiger partial charge on any atom is 0.0465 e. The van der Waals surface area contributed by atoms with Crippen molar-refractivity contribution in [1.82, 2.24) is 0 Å². The van der Waals surface area contributed by atoms with E-state index in [9.17, 15) is 0 Å². The van der Waals surface area contributed by atoms with Gasteiger partial charge in [0.1, 0.15) is 0 Å². The summed E-state index contributed by atoms with van der Waals surface area (Å²) in [7, 11) is 0. The Labute approximate surface area is 329 Å². The summed E-state index contributed by atoms with van der Waals surface area (Å²) in [5.41, 5.74) is 19.5. The highest BCUT2D eigenvalue weighted by atomic mass is 15.1. The van der Waals surface area contributed by atoms with Crippen LogP contribution in [-0.4, -0.2) is 0 Å². The van der Waals surface area contributed by atoms with E-state index in [1.807, 2.05) is 0 Å². The Balaban J connectivity index is 0.954. The van der Waals surface area contributed by atoms with Gasteiger partial charge in [0, 0.05) is 27.9 Å². The van der Waals surface area contributed by atoms with Crippen LogP contribution in [0.15, 0.2) is 103 Å². The van der Waals surface area contributed by atoms with Crippen LogP contribution in [0.1, 0.15) is 149 Å². The Morgan fingerprint density at radius 3 is 1.76 bits per heavy atom. The second-order valence-electron chi connectivity index (χ2n) is 20.1. The zero-order valence-corrected chi connectivity index (χ0v) is 33.2. The predicted octanol–water partition coefficient (Wildman–Crippen LogP) is 14.8. The Bertz CT molecular complexity index is 2270. The molecule has 0 radical (unpaired) electrons. The monoisotopic (exact) mass is 719 g/mol. The summed E-state index contributed by atoms with van der Waals surface area (Å²) in [5.74, 6) is 3.60. The van der Waals surface area contributed by atoms with E-state index in [0.29, 0.717) is 11.3 Å². The molecule has 1 spiro atoms.